The Morgan fingerprint density at radius 3 is 2.39 bits per heavy atom. The van der Waals surface area contributed by atoms with Crippen molar-refractivity contribution < 1.29 is 9.84 Å². The van der Waals surface area contributed by atoms with Crippen LogP contribution in [0.4, 0.5) is 0 Å². The summed E-state index contributed by atoms with van der Waals surface area (Å²) in [6.07, 6.45) is 1.08. The van der Waals surface area contributed by atoms with Crippen LogP contribution in [0.2, 0.25) is 0 Å². The molecule has 0 spiro atoms. The van der Waals surface area contributed by atoms with Gasteiger partial charge in [0.05, 0.1) is 13.2 Å². The molecular formula is C15H25NO2. The van der Waals surface area contributed by atoms with Gasteiger partial charge < -0.3 is 15.2 Å². The zero-order chi connectivity index (χ0) is 13.4. The van der Waals surface area contributed by atoms with Crippen molar-refractivity contribution in [1.29, 1.82) is 0 Å². The largest absolute Gasteiger partial charge is 0.494 e. The molecule has 1 rings (SSSR count). The van der Waals surface area contributed by atoms with Crippen LogP contribution in [0.25, 0.3) is 0 Å². The molecule has 0 radical (unpaired) electrons. The molecule has 18 heavy (non-hydrogen) atoms. The van der Waals surface area contributed by atoms with E-state index in [9.17, 15) is 0 Å². The first-order valence-corrected chi connectivity index (χ1v) is 6.67. The fraction of sp³-hybridized carbons (Fsp3) is 0.600. The summed E-state index contributed by atoms with van der Waals surface area (Å²) in [5, 5.41) is 12.2. The van der Waals surface area contributed by atoms with E-state index in [1.807, 2.05) is 19.1 Å². The summed E-state index contributed by atoms with van der Waals surface area (Å²) >= 11 is 0. The van der Waals surface area contributed by atoms with Gasteiger partial charge >= 0.3 is 0 Å². The van der Waals surface area contributed by atoms with E-state index in [1.165, 1.54) is 5.56 Å². The van der Waals surface area contributed by atoms with Crippen LogP contribution in [0.15, 0.2) is 24.3 Å². The Labute approximate surface area is 110 Å². The number of hydrogen-bond acceptors (Lipinski definition) is 3. The first-order valence-electron chi connectivity index (χ1n) is 6.67. The highest BCUT2D eigenvalue weighted by molar-refractivity contribution is 5.27. The SMILES string of the molecule is CC(C)CCOc1ccc(CN[C@H](C)CO)cc1. The molecule has 0 aliphatic rings. The maximum Gasteiger partial charge on any atom is 0.119 e. The molecule has 0 aromatic heterocycles. The fourth-order valence-corrected chi connectivity index (χ4v) is 1.47. The average Bonchev–Trinajstić information content (AvgIpc) is 2.37. The maximum absolute atomic E-state index is 8.92. The van der Waals surface area contributed by atoms with Gasteiger partial charge in [0.25, 0.3) is 0 Å². The minimum absolute atomic E-state index is 0.131. The van der Waals surface area contributed by atoms with Crippen molar-refractivity contribution in [3.63, 3.8) is 0 Å². The lowest BCUT2D eigenvalue weighted by Crippen LogP contribution is -2.28. The van der Waals surface area contributed by atoms with Gasteiger partial charge in [-0.05, 0) is 37.0 Å². The van der Waals surface area contributed by atoms with Gasteiger partial charge in [0.15, 0.2) is 0 Å². The Balaban J connectivity index is 2.33. The van der Waals surface area contributed by atoms with Crippen LogP contribution in [-0.4, -0.2) is 24.4 Å². The molecule has 0 fully saturated rings. The van der Waals surface area contributed by atoms with E-state index in [4.69, 9.17) is 9.84 Å². The first-order chi connectivity index (χ1) is 8.61. The van der Waals surface area contributed by atoms with Gasteiger partial charge in [0.1, 0.15) is 5.75 Å². The zero-order valence-electron chi connectivity index (χ0n) is 11.6. The molecule has 102 valence electrons. The standard InChI is InChI=1S/C15H25NO2/c1-12(2)8-9-18-15-6-4-14(5-7-15)10-16-13(3)11-17/h4-7,12-13,16-17H,8-11H2,1-3H3/t13-/m1/s1. The molecule has 1 atom stereocenters. The van der Waals surface area contributed by atoms with Crippen LogP contribution in [0.3, 0.4) is 0 Å². The normalized spacial score (nSPS) is 12.7. The van der Waals surface area contributed by atoms with Crippen LogP contribution in [-0.2, 0) is 6.54 Å². The van der Waals surface area contributed by atoms with Gasteiger partial charge in [-0.2, -0.15) is 0 Å². The number of hydrogen-bond donors (Lipinski definition) is 2. The minimum Gasteiger partial charge on any atom is -0.494 e. The van der Waals surface area contributed by atoms with Crippen molar-refractivity contribution in [2.45, 2.75) is 39.8 Å². The molecule has 1 aromatic rings. The van der Waals surface area contributed by atoms with Gasteiger partial charge in [-0.15, -0.1) is 0 Å². The van der Waals surface area contributed by atoms with E-state index in [2.05, 4.69) is 31.3 Å². The molecule has 2 N–H and O–H groups in total. The number of nitrogens with one attached hydrogen (secondary N) is 1. The summed E-state index contributed by atoms with van der Waals surface area (Å²) in [7, 11) is 0. The Morgan fingerprint density at radius 2 is 1.83 bits per heavy atom. The minimum atomic E-state index is 0.131. The highest BCUT2D eigenvalue weighted by Gasteiger charge is 2.00. The smallest absolute Gasteiger partial charge is 0.119 e. The van der Waals surface area contributed by atoms with Crippen LogP contribution in [0.1, 0.15) is 32.8 Å². The zero-order valence-corrected chi connectivity index (χ0v) is 11.6. The average molecular weight is 251 g/mol. The molecule has 0 aliphatic heterocycles. The Bertz CT molecular complexity index is 322. The van der Waals surface area contributed by atoms with Gasteiger partial charge in [0, 0.05) is 12.6 Å². The second kappa shape index (κ2) is 8.11. The summed E-state index contributed by atoms with van der Waals surface area (Å²) < 4.78 is 5.66. The summed E-state index contributed by atoms with van der Waals surface area (Å²) in [5.41, 5.74) is 1.20. The van der Waals surface area contributed by atoms with Crippen molar-refractivity contribution in [3.8, 4) is 5.75 Å². The van der Waals surface area contributed by atoms with Crippen molar-refractivity contribution in [2.75, 3.05) is 13.2 Å². The van der Waals surface area contributed by atoms with E-state index in [-0.39, 0.29) is 12.6 Å². The predicted molar refractivity (Wildman–Crippen MR) is 74.8 cm³/mol. The molecule has 0 unspecified atom stereocenters. The highest BCUT2D eigenvalue weighted by Crippen LogP contribution is 2.13. The number of aliphatic hydroxyl groups excluding tert-OH is 1. The third kappa shape index (κ3) is 6.03. The summed E-state index contributed by atoms with van der Waals surface area (Å²) in [6, 6.07) is 8.25. The Hall–Kier alpha value is -1.06. The van der Waals surface area contributed by atoms with Crippen molar-refractivity contribution in [3.05, 3.63) is 29.8 Å². The molecule has 1 aromatic carbocycles. The summed E-state index contributed by atoms with van der Waals surface area (Å²) in [4.78, 5) is 0. The monoisotopic (exact) mass is 251 g/mol. The molecular weight excluding hydrogens is 226 g/mol. The summed E-state index contributed by atoms with van der Waals surface area (Å²) in [5.74, 6) is 1.60. The van der Waals surface area contributed by atoms with Gasteiger partial charge in [-0.25, -0.2) is 0 Å². The van der Waals surface area contributed by atoms with Crippen molar-refractivity contribution >= 4 is 0 Å². The number of benzene rings is 1. The third-order valence-electron chi connectivity index (χ3n) is 2.82. The molecule has 0 bridgehead atoms. The van der Waals surface area contributed by atoms with Crippen LogP contribution >= 0.6 is 0 Å². The molecule has 0 amide bonds. The van der Waals surface area contributed by atoms with Gasteiger partial charge in [-0.1, -0.05) is 26.0 Å². The van der Waals surface area contributed by atoms with E-state index in [0.29, 0.717) is 5.92 Å². The Kier molecular flexibility index (Phi) is 6.76. The Morgan fingerprint density at radius 1 is 1.17 bits per heavy atom. The van der Waals surface area contributed by atoms with Crippen molar-refractivity contribution in [2.24, 2.45) is 5.92 Å². The second-order valence-corrected chi connectivity index (χ2v) is 5.14. The lowest BCUT2D eigenvalue weighted by Gasteiger charge is -2.11. The molecule has 0 saturated heterocycles. The van der Waals surface area contributed by atoms with Crippen molar-refractivity contribution in [1.82, 2.24) is 5.32 Å². The third-order valence-corrected chi connectivity index (χ3v) is 2.82. The quantitative estimate of drug-likeness (QED) is 0.746. The first kappa shape index (κ1) is 15.0. The van der Waals surface area contributed by atoms with E-state index in [1.54, 1.807) is 0 Å². The maximum atomic E-state index is 8.92. The fourth-order valence-electron chi connectivity index (χ4n) is 1.47. The van der Waals surface area contributed by atoms with Crippen LogP contribution in [0, 0.1) is 5.92 Å². The predicted octanol–water partition coefficient (Wildman–Crippen LogP) is 2.58. The highest BCUT2D eigenvalue weighted by atomic mass is 16.5. The van der Waals surface area contributed by atoms with Crippen LogP contribution < -0.4 is 10.1 Å². The number of ether oxygens (including phenoxy) is 1. The molecule has 0 saturated carbocycles. The topological polar surface area (TPSA) is 41.5 Å². The van der Waals surface area contributed by atoms with Crippen LogP contribution in [0.5, 0.6) is 5.75 Å². The van der Waals surface area contributed by atoms with Gasteiger partial charge in [-0.3, -0.25) is 0 Å². The lowest BCUT2D eigenvalue weighted by atomic mass is 10.1. The van der Waals surface area contributed by atoms with E-state index < -0.39 is 0 Å². The second-order valence-electron chi connectivity index (χ2n) is 5.14. The van der Waals surface area contributed by atoms with Gasteiger partial charge in [0.2, 0.25) is 0 Å². The molecule has 3 nitrogen and oxygen atoms in total. The number of rotatable bonds is 8. The summed E-state index contributed by atoms with van der Waals surface area (Å²) in [6.45, 7) is 8.06. The van der Waals surface area contributed by atoms with E-state index in [0.717, 1.165) is 25.3 Å². The number of aliphatic hydroxyl groups is 1. The molecule has 3 heteroatoms. The molecule has 0 heterocycles. The molecule has 0 aliphatic carbocycles. The van der Waals surface area contributed by atoms with E-state index >= 15 is 0 Å². The lowest BCUT2D eigenvalue weighted by molar-refractivity contribution is 0.251.